The number of rotatable bonds is 2. The molecule has 1 rings (SSSR count). The minimum atomic E-state index is -1.42. The molecule has 0 radical (unpaired) electrons. The van der Waals surface area contributed by atoms with Crippen molar-refractivity contribution in [2.24, 2.45) is 5.41 Å². The van der Waals surface area contributed by atoms with Crippen LogP contribution in [0.2, 0.25) is 0 Å². The Bertz CT molecular complexity index is 221. The highest BCUT2D eigenvalue weighted by Crippen LogP contribution is 2.50. The highest BCUT2D eigenvalue weighted by molar-refractivity contribution is 5.60. The van der Waals surface area contributed by atoms with Gasteiger partial charge in [-0.05, 0) is 0 Å². The van der Waals surface area contributed by atoms with Crippen LogP contribution in [0.1, 0.15) is 13.8 Å². The molecule has 74 valence electrons. The first-order valence-corrected chi connectivity index (χ1v) is 3.65. The van der Waals surface area contributed by atoms with Gasteiger partial charge in [-0.3, -0.25) is 0 Å². The molecule has 0 aromatic rings. The average Bonchev–Trinajstić information content (AvgIpc) is 2.36. The molecule has 1 aliphatic rings. The standard InChI is InChI=1S/C7H10O6/c1-7(2)3(12-5(8)9)4(7)13-6(10)11/h3-4H,1-2H3,(H,8,9)(H,10,11). The van der Waals surface area contributed by atoms with E-state index in [9.17, 15) is 9.59 Å². The lowest BCUT2D eigenvalue weighted by atomic mass is 10.2. The van der Waals surface area contributed by atoms with Crippen LogP contribution in [-0.4, -0.2) is 34.7 Å². The third kappa shape index (κ3) is 1.82. The fourth-order valence-corrected chi connectivity index (χ4v) is 1.19. The fraction of sp³-hybridized carbons (Fsp3) is 0.714. The molecular weight excluding hydrogens is 180 g/mol. The van der Waals surface area contributed by atoms with Gasteiger partial charge in [0.15, 0.2) is 12.2 Å². The monoisotopic (exact) mass is 190 g/mol. The second-order valence-electron chi connectivity index (χ2n) is 3.43. The van der Waals surface area contributed by atoms with E-state index in [0.717, 1.165) is 0 Å². The maximum absolute atomic E-state index is 10.1. The average molecular weight is 190 g/mol. The summed E-state index contributed by atoms with van der Waals surface area (Å²) >= 11 is 0. The predicted molar refractivity (Wildman–Crippen MR) is 39.6 cm³/mol. The SMILES string of the molecule is CC1(C)C(OC(=O)O)C1OC(=O)O. The van der Waals surface area contributed by atoms with Gasteiger partial charge in [0.05, 0.1) is 0 Å². The lowest BCUT2D eigenvalue weighted by Crippen LogP contribution is -2.10. The number of hydrogen-bond acceptors (Lipinski definition) is 4. The Hall–Kier alpha value is -1.46. The zero-order chi connectivity index (χ0) is 10.2. The van der Waals surface area contributed by atoms with Crippen molar-refractivity contribution in [2.45, 2.75) is 26.1 Å². The zero-order valence-electron chi connectivity index (χ0n) is 7.18. The number of ether oxygens (including phenoxy) is 2. The first kappa shape index (κ1) is 9.63. The van der Waals surface area contributed by atoms with Crippen LogP contribution >= 0.6 is 0 Å². The lowest BCUT2D eigenvalue weighted by molar-refractivity contribution is 0.0444. The van der Waals surface area contributed by atoms with E-state index in [1.54, 1.807) is 13.8 Å². The van der Waals surface area contributed by atoms with Crippen molar-refractivity contribution >= 4 is 12.3 Å². The van der Waals surface area contributed by atoms with Crippen LogP contribution in [0.15, 0.2) is 0 Å². The Balaban J connectivity index is 2.50. The van der Waals surface area contributed by atoms with Crippen molar-refractivity contribution in [1.82, 2.24) is 0 Å². The summed E-state index contributed by atoms with van der Waals surface area (Å²) in [6.07, 6.45) is -4.23. The molecule has 2 unspecified atom stereocenters. The third-order valence-electron chi connectivity index (χ3n) is 2.09. The molecule has 2 atom stereocenters. The topological polar surface area (TPSA) is 93.1 Å². The normalized spacial score (nSPS) is 29.1. The molecular formula is C7H10O6. The zero-order valence-corrected chi connectivity index (χ0v) is 7.18. The van der Waals surface area contributed by atoms with Crippen molar-refractivity contribution in [3.63, 3.8) is 0 Å². The van der Waals surface area contributed by atoms with Gasteiger partial charge in [-0.1, -0.05) is 13.8 Å². The molecule has 0 amide bonds. The number of hydrogen-bond donors (Lipinski definition) is 2. The van der Waals surface area contributed by atoms with Gasteiger partial charge >= 0.3 is 12.3 Å². The summed E-state index contributed by atoms with van der Waals surface area (Å²) in [6, 6.07) is 0. The Morgan fingerprint density at radius 3 is 1.62 bits per heavy atom. The Morgan fingerprint density at radius 2 is 1.38 bits per heavy atom. The van der Waals surface area contributed by atoms with Crippen molar-refractivity contribution in [3.05, 3.63) is 0 Å². The molecule has 1 aliphatic carbocycles. The van der Waals surface area contributed by atoms with Crippen molar-refractivity contribution in [3.8, 4) is 0 Å². The van der Waals surface area contributed by atoms with Gasteiger partial charge in [0.2, 0.25) is 0 Å². The molecule has 0 aromatic carbocycles. The van der Waals surface area contributed by atoms with Crippen LogP contribution in [0.5, 0.6) is 0 Å². The summed E-state index contributed by atoms with van der Waals surface area (Å²) in [4.78, 5) is 20.3. The van der Waals surface area contributed by atoms with E-state index in [1.807, 2.05) is 0 Å². The molecule has 0 saturated heterocycles. The van der Waals surface area contributed by atoms with Crippen molar-refractivity contribution in [1.29, 1.82) is 0 Å². The van der Waals surface area contributed by atoms with Crippen LogP contribution in [0.25, 0.3) is 0 Å². The van der Waals surface area contributed by atoms with Gasteiger partial charge in [0.1, 0.15) is 0 Å². The van der Waals surface area contributed by atoms with Gasteiger partial charge in [0.25, 0.3) is 0 Å². The van der Waals surface area contributed by atoms with E-state index in [1.165, 1.54) is 0 Å². The largest absolute Gasteiger partial charge is 0.506 e. The van der Waals surface area contributed by atoms with Crippen LogP contribution in [0.4, 0.5) is 9.59 Å². The fourth-order valence-electron chi connectivity index (χ4n) is 1.19. The second-order valence-corrected chi connectivity index (χ2v) is 3.43. The molecule has 0 aliphatic heterocycles. The Kier molecular flexibility index (Phi) is 2.07. The molecule has 2 N–H and O–H groups in total. The number of carbonyl (C=O) groups is 2. The quantitative estimate of drug-likeness (QED) is 0.634. The molecule has 0 heterocycles. The van der Waals surface area contributed by atoms with Crippen LogP contribution in [-0.2, 0) is 9.47 Å². The van der Waals surface area contributed by atoms with E-state index < -0.39 is 29.9 Å². The summed E-state index contributed by atoms with van der Waals surface area (Å²) in [5.74, 6) is 0. The smallest absolute Gasteiger partial charge is 0.450 e. The van der Waals surface area contributed by atoms with E-state index in [-0.39, 0.29) is 0 Å². The molecule has 0 bridgehead atoms. The first-order valence-electron chi connectivity index (χ1n) is 3.65. The lowest BCUT2D eigenvalue weighted by Gasteiger charge is -1.98. The summed E-state index contributed by atoms with van der Waals surface area (Å²) in [7, 11) is 0. The predicted octanol–water partition coefficient (Wildman–Crippen LogP) is 1.15. The summed E-state index contributed by atoms with van der Waals surface area (Å²) in [5.41, 5.74) is -0.559. The maximum atomic E-state index is 10.1. The maximum Gasteiger partial charge on any atom is 0.506 e. The van der Waals surface area contributed by atoms with Gasteiger partial charge in [0, 0.05) is 5.41 Å². The molecule has 1 saturated carbocycles. The Labute approximate surface area is 74.1 Å². The van der Waals surface area contributed by atoms with Gasteiger partial charge in [-0.2, -0.15) is 0 Å². The summed E-state index contributed by atoms with van der Waals surface area (Å²) in [5, 5.41) is 16.6. The first-order chi connectivity index (χ1) is 5.85. The van der Waals surface area contributed by atoms with Gasteiger partial charge < -0.3 is 19.7 Å². The molecule has 13 heavy (non-hydrogen) atoms. The molecule has 1 fully saturated rings. The van der Waals surface area contributed by atoms with Crippen LogP contribution in [0, 0.1) is 5.41 Å². The van der Waals surface area contributed by atoms with Crippen molar-refractivity contribution < 1.29 is 29.3 Å². The van der Waals surface area contributed by atoms with E-state index >= 15 is 0 Å². The van der Waals surface area contributed by atoms with E-state index in [0.29, 0.717) is 0 Å². The molecule has 0 aromatic heterocycles. The minimum Gasteiger partial charge on any atom is -0.450 e. The molecule has 6 heteroatoms. The van der Waals surface area contributed by atoms with Crippen LogP contribution < -0.4 is 0 Å². The highest BCUT2D eigenvalue weighted by atomic mass is 16.7. The number of carboxylic acid groups (broad SMARTS) is 2. The highest BCUT2D eigenvalue weighted by Gasteiger charge is 2.64. The van der Waals surface area contributed by atoms with Crippen molar-refractivity contribution in [2.75, 3.05) is 0 Å². The third-order valence-corrected chi connectivity index (χ3v) is 2.09. The summed E-state index contributed by atoms with van der Waals surface area (Å²) in [6.45, 7) is 3.35. The van der Waals surface area contributed by atoms with E-state index in [2.05, 4.69) is 9.47 Å². The molecule has 0 spiro atoms. The van der Waals surface area contributed by atoms with Gasteiger partial charge in [-0.25, -0.2) is 9.59 Å². The summed E-state index contributed by atoms with van der Waals surface area (Å²) < 4.78 is 8.84. The molecule has 6 nitrogen and oxygen atoms in total. The van der Waals surface area contributed by atoms with Crippen LogP contribution in [0.3, 0.4) is 0 Å². The van der Waals surface area contributed by atoms with E-state index in [4.69, 9.17) is 10.2 Å². The Morgan fingerprint density at radius 1 is 1.08 bits per heavy atom. The van der Waals surface area contributed by atoms with Gasteiger partial charge in [-0.15, -0.1) is 0 Å². The minimum absolute atomic E-state index is 0.559. The second kappa shape index (κ2) is 2.79.